The summed E-state index contributed by atoms with van der Waals surface area (Å²) in [7, 11) is 0. The summed E-state index contributed by atoms with van der Waals surface area (Å²) in [6.07, 6.45) is 0. The molecule has 2 heterocycles. The maximum atomic E-state index is 14.8. The van der Waals surface area contributed by atoms with Crippen LogP contribution in [0.2, 0.25) is 0 Å². The third-order valence-corrected chi connectivity index (χ3v) is 4.64. The van der Waals surface area contributed by atoms with E-state index in [1.807, 2.05) is 0 Å². The van der Waals surface area contributed by atoms with Crippen molar-refractivity contribution in [3.63, 3.8) is 0 Å². The van der Waals surface area contributed by atoms with Crippen LogP contribution in [0.3, 0.4) is 0 Å². The van der Waals surface area contributed by atoms with Crippen LogP contribution in [0, 0.1) is 17.5 Å². The van der Waals surface area contributed by atoms with Gasteiger partial charge in [0.05, 0.1) is 11.3 Å². The second kappa shape index (κ2) is 5.55. The maximum absolute atomic E-state index is 14.8. The molecule has 0 aliphatic carbocycles. The molecular weight excluding hydrogens is 365 g/mol. The van der Waals surface area contributed by atoms with E-state index in [0.29, 0.717) is 0 Å². The fourth-order valence-electron chi connectivity index (χ4n) is 3.12. The first-order chi connectivity index (χ1) is 12.6. The number of benzene rings is 2. The van der Waals surface area contributed by atoms with Crippen LogP contribution in [0.4, 0.5) is 22.0 Å². The number of aromatic nitrogens is 2. The fraction of sp³-hybridized carbons (Fsp3) is 0.211. The average Bonchev–Trinajstić information content (AvgIpc) is 2.61. The number of rotatable bonds is 1. The minimum atomic E-state index is -3.54. The summed E-state index contributed by atoms with van der Waals surface area (Å²) < 4.78 is 71.1. The van der Waals surface area contributed by atoms with Crippen molar-refractivity contribution in [2.75, 3.05) is 0 Å². The van der Waals surface area contributed by atoms with Crippen LogP contribution in [0.5, 0.6) is 0 Å². The first-order valence-corrected chi connectivity index (χ1v) is 8.02. The van der Waals surface area contributed by atoms with Gasteiger partial charge in [0.1, 0.15) is 22.6 Å². The van der Waals surface area contributed by atoms with Crippen LogP contribution in [0.15, 0.2) is 41.4 Å². The third-order valence-electron chi connectivity index (χ3n) is 4.64. The summed E-state index contributed by atoms with van der Waals surface area (Å²) >= 11 is 0. The lowest BCUT2D eigenvalue weighted by molar-refractivity contribution is -0.0710. The Labute approximate surface area is 150 Å². The molecule has 4 rings (SSSR count). The van der Waals surface area contributed by atoms with E-state index >= 15 is 0 Å². The summed E-state index contributed by atoms with van der Waals surface area (Å²) in [6, 6.07) is 7.14. The van der Waals surface area contributed by atoms with Gasteiger partial charge in [0, 0.05) is 10.9 Å². The van der Waals surface area contributed by atoms with E-state index in [2.05, 4.69) is 15.2 Å². The van der Waals surface area contributed by atoms with Gasteiger partial charge in [0.15, 0.2) is 11.6 Å². The maximum Gasteiger partial charge on any atom is 0.300 e. The molecule has 1 aromatic heterocycles. The lowest BCUT2D eigenvalue weighted by Crippen LogP contribution is -2.45. The predicted molar refractivity (Wildman–Crippen MR) is 89.5 cm³/mol. The Bertz CT molecular complexity index is 1120. The Kier molecular flexibility index (Phi) is 3.60. The van der Waals surface area contributed by atoms with E-state index in [1.165, 1.54) is 38.1 Å². The highest BCUT2D eigenvalue weighted by molar-refractivity contribution is 6.14. The SMILES string of the molecule is CC1(C)N=C(c2cc3ccc(F)c(F)c3nn2)c2cccc(F)c2C1(F)F. The minimum absolute atomic E-state index is 0.0135. The van der Waals surface area contributed by atoms with E-state index in [4.69, 9.17) is 0 Å². The van der Waals surface area contributed by atoms with Crippen molar-refractivity contribution in [2.45, 2.75) is 25.3 Å². The molecule has 0 saturated heterocycles. The molecule has 0 spiro atoms. The summed E-state index contributed by atoms with van der Waals surface area (Å²) in [6.45, 7) is 2.37. The zero-order valence-corrected chi connectivity index (χ0v) is 14.2. The second-order valence-electron chi connectivity index (χ2n) is 6.78. The van der Waals surface area contributed by atoms with Crippen molar-refractivity contribution in [1.82, 2.24) is 10.2 Å². The number of hydrogen-bond acceptors (Lipinski definition) is 3. The molecule has 8 heteroatoms. The molecule has 1 aliphatic rings. The minimum Gasteiger partial charge on any atom is -0.270 e. The Morgan fingerprint density at radius 1 is 0.889 bits per heavy atom. The van der Waals surface area contributed by atoms with Crippen molar-refractivity contribution in [3.8, 4) is 0 Å². The summed E-state index contributed by atoms with van der Waals surface area (Å²) in [4.78, 5) is 4.10. The number of aliphatic imine (C=N–C) groups is 1. The smallest absolute Gasteiger partial charge is 0.270 e. The van der Waals surface area contributed by atoms with Crippen LogP contribution in [0.25, 0.3) is 10.9 Å². The first kappa shape index (κ1) is 17.5. The molecule has 0 atom stereocenters. The van der Waals surface area contributed by atoms with Gasteiger partial charge < -0.3 is 0 Å². The quantitative estimate of drug-likeness (QED) is 0.573. The topological polar surface area (TPSA) is 38.1 Å². The molecule has 0 bridgehead atoms. The van der Waals surface area contributed by atoms with Crippen molar-refractivity contribution in [1.29, 1.82) is 0 Å². The van der Waals surface area contributed by atoms with Crippen molar-refractivity contribution in [2.24, 2.45) is 4.99 Å². The van der Waals surface area contributed by atoms with E-state index in [9.17, 15) is 22.0 Å². The van der Waals surface area contributed by atoms with Crippen LogP contribution in [-0.2, 0) is 5.92 Å². The number of fused-ring (bicyclic) bond motifs is 2. The standard InChI is InChI=1S/C19H12F5N3/c1-18(2)19(23,24)14-10(4-3-5-11(14)20)17(25-18)13-8-9-6-7-12(21)15(22)16(9)27-26-13/h3-8H,1-2H3. The monoisotopic (exact) mass is 377 g/mol. The normalized spacial score (nSPS) is 17.5. The Morgan fingerprint density at radius 3 is 2.37 bits per heavy atom. The number of alkyl halides is 2. The lowest BCUT2D eigenvalue weighted by Gasteiger charge is -2.37. The highest BCUT2D eigenvalue weighted by Crippen LogP contribution is 2.47. The summed E-state index contributed by atoms with van der Waals surface area (Å²) in [5.74, 6) is -6.83. The Balaban J connectivity index is 1.99. The molecule has 0 fully saturated rings. The molecule has 3 nitrogen and oxygen atoms in total. The van der Waals surface area contributed by atoms with E-state index in [-0.39, 0.29) is 27.9 Å². The largest absolute Gasteiger partial charge is 0.300 e. The van der Waals surface area contributed by atoms with E-state index in [0.717, 1.165) is 12.1 Å². The first-order valence-electron chi connectivity index (χ1n) is 8.02. The van der Waals surface area contributed by atoms with Gasteiger partial charge in [-0.05, 0) is 38.1 Å². The third kappa shape index (κ3) is 2.43. The number of hydrogen-bond donors (Lipinski definition) is 0. The zero-order valence-electron chi connectivity index (χ0n) is 14.2. The molecule has 0 unspecified atom stereocenters. The lowest BCUT2D eigenvalue weighted by atomic mass is 9.82. The Morgan fingerprint density at radius 2 is 1.63 bits per heavy atom. The highest BCUT2D eigenvalue weighted by Gasteiger charge is 2.54. The van der Waals surface area contributed by atoms with Gasteiger partial charge in [0.25, 0.3) is 0 Å². The molecule has 1 aliphatic heterocycles. The number of nitrogens with zero attached hydrogens (tertiary/aromatic N) is 3. The molecular formula is C19H12F5N3. The molecule has 138 valence electrons. The van der Waals surface area contributed by atoms with Gasteiger partial charge in [-0.3, -0.25) is 4.99 Å². The van der Waals surface area contributed by atoms with E-state index < -0.39 is 34.5 Å². The summed E-state index contributed by atoms with van der Waals surface area (Å²) in [5, 5.41) is 7.71. The Hall–Kier alpha value is -2.90. The second-order valence-corrected chi connectivity index (χ2v) is 6.78. The van der Waals surface area contributed by atoms with Gasteiger partial charge in [-0.15, -0.1) is 10.2 Å². The van der Waals surface area contributed by atoms with Gasteiger partial charge in [-0.1, -0.05) is 12.1 Å². The summed E-state index contributed by atoms with van der Waals surface area (Å²) in [5.41, 5.74) is -3.05. The van der Waals surface area contributed by atoms with Gasteiger partial charge in [-0.2, -0.15) is 8.78 Å². The van der Waals surface area contributed by atoms with Crippen LogP contribution >= 0.6 is 0 Å². The molecule has 3 aromatic rings. The van der Waals surface area contributed by atoms with Gasteiger partial charge in [0.2, 0.25) is 0 Å². The van der Waals surface area contributed by atoms with Crippen molar-refractivity contribution < 1.29 is 22.0 Å². The molecule has 0 N–H and O–H groups in total. The van der Waals surface area contributed by atoms with Crippen molar-refractivity contribution in [3.05, 3.63) is 70.7 Å². The highest BCUT2D eigenvalue weighted by atomic mass is 19.3. The van der Waals surface area contributed by atoms with Gasteiger partial charge >= 0.3 is 5.92 Å². The van der Waals surface area contributed by atoms with Crippen LogP contribution < -0.4 is 0 Å². The average molecular weight is 377 g/mol. The fourth-order valence-corrected chi connectivity index (χ4v) is 3.12. The van der Waals surface area contributed by atoms with Crippen LogP contribution in [0.1, 0.15) is 30.7 Å². The number of halogens is 5. The van der Waals surface area contributed by atoms with E-state index in [1.54, 1.807) is 0 Å². The molecule has 0 amide bonds. The van der Waals surface area contributed by atoms with Gasteiger partial charge in [-0.25, -0.2) is 13.2 Å². The predicted octanol–water partition coefficient (Wildman–Crippen LogP) is 4.77. The van der Waals surface area contributed by atoms with Crippen LogP contribution in [-0.4, -0.2) is 21.4 Å². The molecule has 2 aromatic carbocycles. The zero-order chi connectivity index (χ0) is 19.6. The van der Waals surface area contributed by atoms with Crippen molar-refractivity contribution >= 4 is 16.6 Å². The molecule has 27 heavy (non-hydrogen) atoms. The molecule has 0 saturated carbocycles. The molecule has 0 radical (unpaired) electrons.